The maximum absolute atomic E-state index is 14.1. The summed E-state index contributed by atoms with van der Waals surface area (Å²) < 4.78 is 0. The molecular weight excluding hydrogens is 562 g/mol. The molecule has 0 aliphatic carbocycles. The van der Waals surface area contributed by atoms with Gasteiger partial charge in [0.1, 0.15) is 6.04 Å². The summed E-state index contributed by atoms with van der Waals surface area (Å²) in [5, 5.41) is 9.11. The van der Waals surface area contributed by atoms with Crippen LogP contribution in [-0.4, -0.2) is 77.9 Å². The molecule has 5 atom stereocenters. The van der Waals surface area contributed by atoms with E-state index in [0.29, 0.717) is 31.1 Å². The number of hydrogen-bond donors (Lipinski definition) is 3. The van der Waals surface area contributed by atoms with Gasteiger partial charge in [-0.25, -0.2) is 0 Å². The van der Waals surface area contributed by atoms with Gasteiger partial charge in [0, 0.05) is 43.2 Å². The van der Waals surface area contributed by atoms with Gasteiger partial charge >= 0.3 is 0 Å². The van der Waals surface area contributed by atoms with Gasteiger partial charge in [-0.1, -0.05) is 73.1 Å². The summed E-state index contributed by atoms with van der Waals surface area (Å²) in [5.74, 6) is -1.06. The Labute approximate surface area is 258 Å². The van der Waals surface area contributed by atoms with Crippen LogP contribution in [0.1, 0.15) is 50.2 Å². The minimum atomic E-state index is -0.690. The predicted molar refractivity (Wildman–Crippen MR) is 171 cm³/mol. The summed E-state index contributed by atoms with van der Waals surface area (Å²) >= 11 is 6.10. The molecule has 2 heterocycles. The number of nitrogens with two attached hydrogens (primary N) is 1. The molecule has 0 aromatic heterocycles. The van der Waals surface area contributed by atoms with Gasteiger partial charge in [-0.3, -0.25) is 19.3 Å². The van der Waals surface area contributed by atoms with E-state index in [0.717, 1.165) is 47.7 Å². The number of primary amides is 1. The second-order valence-electron chi connectivity index (χ2n) is 11.9. The van der Waals surface area contributed by atoms with Crippen molar-refractivity contribution in [2.45, 2.75) is 69.6 Å². The van der Waals surface area contributed by atoms with E-state index in [1.54, 1.807) is 12.1 Å². The smallest absolute Gasteiger partial charge is 0.245 e. The summed E-state index contributed by atoms with van der Waals surface area (Å²) in [7, 11) is 0. The van der Waals surface area contributed by atoms with Crippen molar-refractivity contribution in [1.29, 1.82) is 0 Å². The number of carbonyl (C=O) groups excluding carboxylic acids is 3. The van der Waals surface area contributed by atoms with Crippen LogP contribution >= 0.6 is 11.6 Å². The first kappa shape index (κ1) is 31.0. The Hall–Kier alpha value is -3.46. The highest BCUT2D eigenvalue weighted by atomic mass is 35.5. The number of fused-ring (bicyclic) bond motifs is 1. The largest absolute Gasteiger partial charge is 0.369 e. The Morgan fingerprint density at radius 1 is 1.05 bits per heavy atom. The molecule has 0 bridgehead atoms. The minimum Gasteiger partial charge on any atom is -0.369 e. The Morgan fingerprint density at radius 2 is 1.79 bits per heavy atom. The molecule has 0 saturated carbocycles. The van der Waals surface area contributed by atoms with Crippen molar-refractivity contribution >= 4 is 40.1 Å². The lowest BCUT2D eigenvalue weighted by Gasteiger charge is -2.46. The molecule has 4 N–H and O–H groups in total. The molecule has 3 aromatic rings. The van der Waals surface area contributed by atoms with Gasteiger partial charge in [0.15, 0.2) is 0 Å². The van der Waals surface area contributed by atoms with Crippen molar-refractivity contribution in [3.63, 3.8) is 0 Å². The molecule has 2 saturated heterocycles. The van der Waals surface area contributed by atoms with Crippen LogP contribution in [0.25, 0.3) is 10.8 Å². The molecule has 2 aliphatic heterocycles. The maximum Gasteiger partial charge on any atom is 0.245 e. The number of rotatable bonds is 10. The molecule has 0 radical (unpaired) electrons. The van der Waals surface area contributed by atoms with Gasteiger partial charge < -0.3 is 21.3 Å². The number of nitrogens with zero attached hydrogens (tertiary/aromatic N) is 2. The molecule has 3 aromatic carbocycles. The number of benzene rings is 3. The third-order valence-electron chi connectivity index (χ3n) is 9.11. The molecule has 5 unspecified atom stereocenters. The highest BCUT2D eigenvalue weighted by molar-refractivity contribution is 6.30. The van der Waals surface area contributed by atoms with E-state index in [1.807, 2.05) is 54.3 Å². The average Bonchev–Trinajstić information content (AvgIpc) is 3.56. The monoisotopic (exact) mass is 603 g/mol. The first-order chi connectivity index (χ1) is 20.7. The van der Waals surface area contributed by atoms with Crippen molar-refractivity contribution in [2.24, 2.45) is 5.73 Å². The lowest BCUT2D eigenvalue weighted by molar-refractivity contribution is -0.142. The van der Waals surface area contributed by atoms with Crippen LogP contribution in [-0.2, 0) is 20.8 Å². The van der Waals surface area contributed by atoms with Gasteiger partial charge in [-0.05, 0) is 66.8 Å². The van der Waals surface area contributed by atoms with Crippen LogP contribution < -0.4 is 16.4 Å². The van der Waals surface area contributed by atoms with Crippen LogP contribution in [0, 0.1) is 0 Å². The average molecular weight is 604 g/mol. The van der Waals surface area contributed by atoms with Crippen LogP contribution in [0.4, 0.5) is 0 Å². The highest BCUT2D eigenvalue weighted by Crippen LogP contribution is 2.29. The Morgan fingerprint density at radius 3 is 2.47 bits per heavy atom. The zero-order valence-electron chi connectivity index (χ0n) is 25.0. The number of amides is 3. The van der Waals surface area contributed by atoms with Crippen molar-refractivity contribution in [3.05, 3.63) is 82.9 Å². The van der Waals surface area contributed by atoms with Crippen LogP contribution in [0.15, 0.2) is 66.7 Å². The van der Waals surface area contributed by atoms with Crippen molar-refractivity contribution in [2.75, 3.05) is 26.2 Å². The Kier molecular flexibility index (Phi) is 10.0. The summed E-state index contributed by atoms with van der Waals surface area (Å²) in [6.45, 7) is 6.65. The zero-order chi connectivity index (χ0) is 30.5. The minimum absolute atomic E-state index is 0.0666. The molecule has 43 heavy (non-hydrogen) atoms. The van der Waals surface area contributed by atoms with E-state index in [1.165, 1.54) is 0 Å². The fourth-order valence-corrected chi connectivity index (χ4v) is 6.74. The summed E-state index contributed by atoms with van der Waals surface area (Å²) in [5.41, 5.74) is 7.83. The van der Waals surface area contributed by atoms with Crippen molar-refractivity contribution in [3.8, 4) is 0 Å². The molecule has 8 nitrogen and oxygen atoms in total. The van der Waals surface area contributed by atoms with Crippen molar-refractivity contribution < 1.29 is 14.4 Å². The van der Waals surface area contributed by atoms with E-state index in [2.05, 4.69) is 34.6 Å². The summed E-state index contributed by atoms with van der Waals surface area (Å²) in [6.07, 6.45) is 2.84. The van der Waals surface area contributed by atoms with Gasteiger partial charge in [0.2, 0.25) is 17.7 Å². The molecule has 2 aliphatic rings. The van der Waals surface area contributed by atoms with Gasteiger partial charge in [0.25, 0.3) is 0 Å². The number of halogens is 1. The van der Waals surface area contributed by atoms with Gasteiger partial charge in [-0.15, -0.1) is 0 Å². The molecule has 3 amide bonds. The van der Waals surface area contributed by atoms with E-state index in [4.69, 9.17) is 17.3 Å². The molecule has 9 heteroatoms. The highest BCUT2D eigenvalue weighted by Gasteiger charge is 2.38. The first-order valence-corrected chi connectivity index (χ1v) is 15.7. The fourth-order valence-electron chi connectivity index (χ4n) is 6.62. The Bertz CT molecular complexity index is 1440. The maximum atomic E-state index is 14.1. The van der Waals surface area contributed by atoms with Crippen LogP contribution in [0.5, 0.6) is 0 Å². The van der Waals surface area contributed by atoms with Crippen LogP contribution in [0.3, 0.4) is 0 Å². The number of hydrogen-bond acceptors (Lipinski definition) is 5. The molecular formula is C34H42ClN5O3. The van der Waals surface area contributed by atoms with E-state index in [9.17, 15) is 14.4 Å². The lowest BCUT2D eigenvalue weighted by atomic mass is 9.88. The third-order valence-corrected chi connectivity index (χ3v) is 9.36. The zero-order valence-corrected chi connectivity index (χ0v) is 25.7. The third kappa shape index (κ3) is 7.20. The standard InChI is InChI=1S/C34H42ClN5O3/c1-3-28-21-39(22(2)31(32(36)41)26-13-12-24-7-4-5-8-25(24)20-26)17-18-40(28)34(43)30(19-23-10-14-27(35)15-11-23)38-33(42)29-9-6-16-37-29/h4-5,7-8,10-15,20,22,28-31,37H,3,6,9,16-19,21H2,1-2H3,(H2,36,41)(H,38,42). The van der Waals surface area contributed by atoms with Gasteiger partial charge in [0.05, 0.1) is 12.0 Å². The lowest BCUT2D eigenvalue weighted by Crippen LogP contribution is -2.62. The van der Waals surface area contributed by atoms with E-state index in [-0.39, 0.29) is 35.8 Å². The van der Waals surface area contributed by atoms with E-state index >= 15 is 0 Å². The van der Waals surface area contributed by atoms with E-state index < -0.39 is 12.0 Å². The molecule has 5 rings (SSSR count). The summed E-state index contributed by atoms with van der Waals surface area (Å²) in [6, 6.07) is 20.4. The topological polar surface area (TPSA) is 108 Å². The normalized spacial score (nSPS) is 21.3. The number of nitrogens with one attached hydrogen (secondary N) is 2. The molecule has 228 valence electrons. The van der Waals surface area contributed by atoms with Crippen molar-refractivity contribution in [1.82, 2.24) is 20.4 Å². The molecule has 0 spiro atoms. The summed E-state index contributed by atoms with van der Waals surface area (Å²) in [4.78, 5) is 44.3. The Balaban J connectivity index is 1.32. The quantitative estimate of drug-likeness (QED) is 0.326. The molecule has 2 fully saturated rings. The first-order valence-electron chi connectivity index (χ1n) is 15.4. The number of carbonyl (C=O) groups is 3. The SMILES string of the molecule is CCC1CN(C(C)C(C(N)=O)c2ccc3ccccc3c2)CCN1C(=O)C(Cc1ccc(Cl)cc1)NC(=O)C1CCCN1. The second kappa shape index (κ2) is 13.9. The fraction of sp³-hybridized carbons (Fsp3) is 0.441. The number of piperazine rings is 1. The van der Waals surface area contributed by atoms with Crippen LogP contribution in [0.2, 0.25) is 5.02 Å². The predicted octanol–water partition coefficient (Wildman–Crippen LogP) is 3.85. The second-order valence-corrected chi connectivity index (χ2v) is 12.3. The van der Waals surface area contributed by atoms with Gasteiger partial charge in [-0.2, -0.15) is 0 Å².